The van der Waals surface area contributed by atoms with Gasteiger partial charge in [-0.05, 0) is 59.7 Å². The number of furan rings is 2. The second-order valence-electron chi connectivity index (χ2n) is 13.9. The Bertz CT molecular complexity index is 3120. The van der Waals surface area contributed by atoms with Crippen molar-refractivity contribution in [3.63, 3.8) is 0 Å². The van der Waals surface area contributed by atoms with Gasteiger partial charge in [0.2, 0.25) is 0 Å². The maximum Gasteiger partial charge on any atom is 0.161 e. The van der Waals surface area contributed by atoms with E-state index in [9.17, 15) is 0 Å². The molecule has 262 valence electrons. The number of hydrogen-bond donors (Lipinski definition) is 0. The molecule has 11 rings (SSSR count). The zero-order chi connectivity index (χ0) is 37.0. The van der Waals surface area contributed by atoms with E-state index in [0.29, 0.717) is 5.82 Å². The predicted octanol–water partition coefficient (Wildman–Crippen LogP) is 13.7. The number of rotatable bonds is 6. The first kappa shape index (κ1) is 31.9. The molecular weight excluding hydrogens is 687 g/mol. The van der Waals surface area contributed by atoms with Crippen LogP contribution in [0.5, 0.6) is 0 Å². The molecule has 4 heterocycles. The van der Waals surface area contributed by atoms with E-state index in [1.807, 2.05) is 79.0 Å². The van der Waals surface area contributed by atoms with Gasteiger partial charge < -0.3 is 8.83 Å². The van der Waals surface area contributed by atoms with Crippen molar-refractivity contribution >= 4 is 43.9 Å². The molecule has 0 aliphatic heterocycles. The van der Waals surface area contributed by atoms with Gasteiger partial charge in [-0.3, -0.25) is 4.98 Å². The fraction of sp³-hybridized carbons (Fsp3) is 0. The summed E-state index contributed by atoms with van der Waals surface area (Å²) in [4.78, 5) is 15.3. The molecule has 7 aromatic carbocycles. The lowest BCUT2D eigenvalue weighted by atomic mass is 9.93. The van der Waals surface area contributed by atoms with Gasteiger partial charge in [-0.25, -0.2) is 9.97 Å². The Labute approximate surface area is 322 Å². The first-order valence-electron chi connectivity index (χ1n) is 18.7. The summed E-state index contributed by atoms with van der Waals surface area (Å²) in [6.07, 6.45) is 1.82. The minimum absolute atomic E-state index is 0.619. The molecule has 0 spiro atoms. The quantitative estimate of drug-likeness (QED) is 0.171. The molecule has 0 aliphatic rings. The first-order chi connectivity index (χ1) is 27.7. The molecule has 0 fully saturated rings. The summed E-state index contributed by atoms with van der Waals surface area (Å²) in [5.74, 6) is 0.619. The highest BCUT2D eigenvalue weighted by molar-refractivity contribution is 6.11. The highest BCUT2D eigenvalue weighted by Gasteiger charge is 2.20. The summed E-state index contributed by atoms with van der Waals surface area (Å²) in [6.45, 7) is 0. The molecule has 0 aliphatic carbocycles. The van der Waals surface area contributed by atoms with Crippen molar-refractivity contribution < 1.29 is 8.83 Å². The normalized spacial score (nSPS) is 11.6. The van der Waals surface area contributed by atoms with Gasteiger partial charge in [0.05, 0.1) is 17.1 Å². The Kier molecular flexibility index (Phi) is 7.42. The van der Waals surface area contributed by atoms with E-state index in [4.69, 9.17) is 23.8 Å². The first-order valence-corrected chi connectivity index (χ1v) is 18.7. The monoisotopic (exact) mass is 717 g/mol. The van der Waals surface area contributed by atoms with Crippen molar-refractivity contribution in [2.45, 2.75) is 0 Å². The van der Waals surface area contributed by atoms with E-state index in [1.54, 1.807) is 0 Å². The lowest BCUT2D eigenvalue weighted by molar-refractivity contribution is 0.670. The van der Waals surface area contributed by atoms with E-state index < -0.39 is 0 Å². The number of para-hydroxylation sites is 4. The van der Waals surface area contributed by atoms with Gasteiger partial charge in [0.15, 0.2) is 5.82 Å². The zero-order valence-electron chi connectivity index (χ0n) is 30.1. The predicted molar refractivity (Wildman–Crippen MR) is 227 cm³/mol. The number of fused-ring (bicyclic) bond motifs is 6. The Morgan fingerprint density at radius 2 is 0.821 bits per heavy atom. The second kappa shape index (κ2) is 13.0. The molecule has 5 nitrogen and oxygen atoms in total. The van der Waals surface area contributed by atoms with Gasteiger partial charge >= 0.3 is 0 Å². The van der Waals surface area contributed by atoms with Crippen molar-refractivity contribution in [2.75, 3.05) is 0 Å². The molecule has 0 bridgehead atoms. The molecule has 0 saturated heterocycles. The summed E-state index contributed by atoms with van der Waals surface area (Å²) in [6, 6.07) is 62.4. The van der Waals surface area contributed by atoms with Crippen molar-refractivity contribution in [2.24, 2.45) is 0 Å². The largest absolute Gasteiger partial charge is 0.455 e. The highest BCUT2D eigenvalue weighted by Crippen LogP contribution is 2.42. The van der Waals surface area contributed by atoms with Crippen LogP contribution in [-0.4, -0.2) is 15.0 Å². The van der Waals surface area contributed by atoms with Gasteiger partial charge in [0.1, 0.15) is 22.3 Å². The summed E-state index contributed by atoms with van der Waals surface area (Å²) in [5, 5.41) is 4.33. The number of benzene rings is 7. The molecule has 0 amide bonds. The Hall–Kier alpha value is -7.63. The number of nitrogens with zero attached hydrogens (tertiary/aromatic N) is 3. The number of aromatic nitrogens is 3. The van der Waals surface area contributed by atoms with Crippen LogP contribution >= 0.6 is 0 Å². The molecule has 4 aromatic heterocycles. The van der Waals surface area contributed by atoms with E-state index in [-0.39, 0.29) is 0 Å². The average molecular weight is 718 g/mol. The molecule has 0 saturated carbocycles. The molecular formula is C51H31N3O2. The van der Waals surface area contributed by atoms with Gasteiger partial charge in [0.25, 0.3) is 0 Å². The SMILES string of the molecule is c1ccc(-c2cc(-c3cc(-c4cccc5c4oc4ccccc45)cc(-c4cccc5c4oc4ccccc45)c3)nc(-c3ccccc3-c3ccccn3)n2)cc1. The average Bonchev–Trinajstić information content (AvgIpc) is 3.85. The third kappa shape index (κ3) is 5.37. The molecule has 0 N–H and O–H groups in total. The van der Waals surface area contributed by atoms with Crippen LogP contribution in [0.25, 0.3) is 111 Å². The maximum atomic E-state index is 6.60. The molecule has 11 aromatic rings. The van der Waals surface area contributed by atoms with Crippen LogP contribution in [-0.2, 0) is 0 Å². The van der Waals surface area contributed by atoms with Crippen LogP contribution in [0.2, 0.25) is 0 Å². The van der Waals surface area contributed by atoms with Gasteiger partial charge in [-0.1, -0.05) is 133 Å². The third-order valence-electron chi connectivity index (χ3n) is 10.6. The molecule has 0 unspecified atom stereocenters. The van der Waals surface area contributed by atoms with Gasteiger partial charge in [0, 0.05) is 61.1 Å². The van der Waals surface area contributed by atoms with Gasteiger partial charge in [-0.15, -0.1) is 0 Å². The van der Waals surface area contributed by atoms with Crippen LogP contribution in [0, 0.1) is 0 Å². The Morgan fingerprint density at radius 1 is 0.321 bits per heavy atom. The van der Waals surface area contributed by atoms with Crippen molar-refractivity contribution in [1.29, 1.82) is 0 Å². The van der Waals surface area contributed by atoms with Crippen molar-refractivity contribution in [1.82, 2.24) is 15.0 Å². The summed E-state index contributed by atoms with van der Waals surface area (Å²) in [5.41, 5.74) is 13.7. The summed E-state index contributed by atoms with van der Waals surface area (Å²) in [7, 11) is 0. The van der Waals surface area contributed by atoms with Crippen LogP contribution in [0.1, 0.15) is 0 Å². The minimum atomic E-state index is 0.619. The molecule has 0 radical (unpaired) electrons. The fourth-order valence-corrected chi connectivity index (χ4v) is 7.93. The topological polar surface area (TPSA) is 65.0 Å². The standard InChI is InChI=1S/C51H31N3O2/c1-2-14-32(15-3-1)45-31-46(54-51(53-45)43-19-5-4-16-38(43)44-24-10-11-27-52-44)35-29-33(36-20-12-22-41-39-17-6-8-25-47(39)55-49(36)41)28-34(30-35)37-21-13-23-42-40-18-7-9-26-48(40)56-50(37)42/h1-31H. The number of pyridine rings is 1. The van der Waals surface area contributed by atoms with E-state index in [2.05, 4.69) is 109 Å². The highest BCUT2D eigenvalue weighted by atomic mass is 16.3. The Morgan fingerprint density at radius 3 is 1.45 bits per heavy atom. The lowest BCUT2D eigenvalue weighted by Gasteiger charge is -2.14. The second-order valence-corrected chi connectivity index (χ2v) is 13.9. The third-order valence-corrected chi connectivity index (χ3v) is 10.6. The zero-order valence-corrected chi connectivity index (χ0v) is 30.1. The molecule has 56 heavy (non-hydrogen) atoms. The van der Waals surface area contributed by atoms with Crippen LogP contribution in [0.4, 0.5) is 0 Å². The maximum absolute atomic E-state index is 6.60. The van der Waals surface area contributed by atoms with Crippen LogP contribution in [0.3, 0.4) is 0 Å². The smallest absolute Gasteiger partial charge is 0.161 e. The van der Waals surface area contributed by atoms with E-state index >= 15 is 0 Å². The van der Waals surface area contributed by atoms with Crippen molar-refractivity contribution in [3.05, 3.63) is 188 Å². The lowest BCUT2D eigenvalue weighted by Crippen LogP contribution is -1.98. The van der Waals surface area contributed by atoms with Crippen molar-refractivity contribution in [3.8, 4) is 67.4 Å². The molecule has 0 atom stereocenters. The van der Waals surface area contributed by atoms with Crippen LogP contribution < -0.4 is 0 Å². The number of hydrogen-bond acceptors (Lipinski definition) is 5. The van der Waals surface area contributed by atoms with Gasteiger partial charge in [-0.2, -0.15) is 0 Å². The fourth-order valence-electron chi connectivity index (χ4n) is 7.93. The minimum Gasteiger partial charge on any atom is -0.455 e. The molecule has 5 heteroatoms. The summed E-state index contributed by atoms with van der Waals surface area (Å²) < 4.78 is 13.2. The summed E-state index contributed by atoms with van der Waals surface area (Å²) >= 11 is 0. The Balaban J connectivity index is 1.19. The van der Waals surface area contributed by atoms with Crippen LogP contribution in [0.15, 0.2) is 197 Å². The van der Waals surface area contributed by atoms with E-state index in [1.165, 1.54) is 0 Å². The van der Waals surface area contributed by atoms with E-state index in [0.717, 1.165) is 105 Å².